The molecule has 364 valence electrons. The third-order valence-corrected chi connectivity index (χ3v) is 14.6. The number of hydrogen-bond acceptors (Lipinski definition) is 13. The van der Waals surface area contributed by atoms with E-state index < -0.39 is 52.9 Å². The molecule has 1 unspecified atom stereocenters. The van der Waals surface area contributed by atoms with E-state index in [1.165, 1.54) is 34.9 Å². The van der Waals surface area contributed by atoms with Gasteiger partial charge in [-0.25, -0.2) is 14.6 Å². The van der Waals surface area contributed by atoms with Crippen LogP contribution in [-0.2, 0) is 45.6 Å². The Morgan fingerprint density at radius 2 is 1.33 bits per heavy atom. The van der Waals surface area contributed by atoms with E-state index in [2.05, 4.69) is 15.8 Å². The van der Waals surface area contributed by atoms with Gasteiger partial charge in [-0.2, -0.15) is 0 Å². The zero-order valence-electron chi connectivity index (χ0n) is 39.1. The van der Waals surface area contributed by atoms with Crippen LogP contribution in [0.3, 0.4) is 0 Å². The topological polar surface area (TPSA) is 158 Å². The lowest BCUT2D eigenvalue weighted by atomic mass is 9.77. The molecule has 0 bridgehead atoms. The lowest BCUT2D eigenvalue weighted by Gasteiger charge is -2.49. The number of oxime groups is 1. The average molecular weight is 1020 g/mol. The number of thiazole rings is 1. The molecule has 0 radical (unpaired) electrons. The molecule has 72 heavy (non-hydrogen) atoms. The van der Waals surface area contributed by atoms with Crippen molar-refractivity contribution in [2.45, 2.75) is 42.7 Å². The van der Waals surface area contributed by atoms with Gasteiger partial charge in [-0.05, 0) is 58.0 Å². The molecule has 7 aromatic rings. The number of rotatable bonds is 19. The van der Waals surface area contributed by atoms with E-state index in [1.54, 1.807) is 36.8 Å². The number of hydrogen-bond donors (Lipinski definition) is 2. The van der Waals surface area contributed by atoms with Crippen molar-refractivity contribution in [3.8, 4) is 5.75 Å². The summed E-state index contributed by atoms with van der Waals surface area (Å²) in [6, 6.07) is 54.5. The van der Waals surface area contributed by atoms with Crippen LogP contribution >= 0.6 is 34.7 Å². The summed E-state index contributed by atoms with van der Waals surface area (Å²) in [5.41, 5.74) is 4.39. The summed E-state index contributed by atoms with van der Waals surface area (Å²) in [5.74, 6) is -1.88. The molecule has 0 saturated carbocycles. The first-order valence-corrected chi connectivity index (χ1v) is 25.4. The molecule has 3 heterocycles. The van der Waals surface area contributed by atoms with Crippen LogP contribution in [0.1, 0.15) is 52.1 Å². The SMILES string of the molecule is COc1ccc(COC(=O)C2=C(CCl)CS[C@@H]3C(NC(=O)/C(=N\O[C@@H](C)C(=O)OC(c4ccccc4)c4ccccc4)c4csc(NC(c5ccccc5)(c5ccccc5)c5ccccc5)n4)C(=O)N23)cc1. The Balaban J connectivity index is 1.01. The number of ether oxygens (including phenoxy) is 3. The number of fused-ring (bicyclic) bond motifs is 1. The van der Waals surface area contributed by atoms with Gasteiger partial charge in [-0.1, -0.05) is 169 Å². The summed E-state index contributed by atoms with van der Waals surface area (Å²) in [4.78, 5) is 68.5. The zero-order chi connectivity index (χ0) is 50.0. The first-order valence-electron chi connectivity index (χ1n) is 23.0. The number of halogens is 1. The summed E-state index contributed by atoms with van der Waals surface area (Å²) in [5, 5.41) is 12.3. The first kappa shape index (κ1) is 49.3. The number of aromatic nitrogens is 1. The highest BCUT2D eigenvalue weighted by Gasteiger charge is 2.55. The Kier molecular flexibility index (Phi) is 15.4. The van der Waals surface area contributed by atoms with Gasteiger partial charge < -0.3 is 29.7 Å². The molecule has 9 rings (SSSR count). The molecule has 1 saturated heterocycles. The van der Waals surface area contributed by atoms with Crippen molar-refractivity contribution in [3.05, 3.63) is 232 Å². The summed E-state index contributed by atoms with van der Waals surface area (Å²) in [7, 11) is 1.56. The number of thioether (sulfide) groups is 1. The van der Waals surface area contributed by atoms with Gasteiger partial charge >= 0.3 is 11.9 Å². The zero-order valence-corrected chi connectivity index (χ0v) is 41.4. The molecule has 13 nitrogen and oxygen atoms in total. The van der Waals surface area contributed by atoms with Crippen molar-refractivity contribution in [1.82, 2.24) is 15.2 Å². The predicted molar refractivity (Wildman–Crippen MR) is 278 cm³/mol. The molecule has 1 fully saturated rings. The number of methoxy groups -OCH3 is 1. The predicted octanol–water partition coefficient (Wildman–Crippen LogP) is 9.63. The number of benzene rings is 6. The second-order valence-electron chi connectivity index (χ2n) is 16.7. The molecule has 16 heteroatoms. The van der Waals surface area contributed by atoms with Gasteiger partial charge in [0.1, 0.15) is 40.7 Å². The lowest BCUT2D eigenvalue weighted by molar-refractivity contribution is -0.160. The van der Waals surface area contributed by atoms with E-state index in [9.17, 15) is 19.2 Å². The Morgan fingerprint density at radius 3 is 1.86 bits per heavy atom. The van der Waals surface area contributed by atoms with E-state index in [1.807, 2.05) is 152 Å². The number of esters is 2. The van der Waals surface area contributed by atoms with Gasteiger partial charge in [0.15, 0.2) is 16.9 Å². The minimum Gasteiger partial charge on any atom is -0.497 e. The average Bonchev–Trinajstić information content (AvgIpc) is 3.90. The van der Waals surface area contributed by atoms with Gasteiger partial charge in [0.2, 0.25) is 6.10 Å². The molecule has 6 aromatic carbocycles. The molecule has 2 aliphatic heterocycles. The fourth-order valence-corrected chi connectivity index (χ4v) is 10.9. The van der Waals surface area contributed by atoms with Crippen LogP contribution in [0.4, 0.5) is 5.13 Å². The molecule has 0 aliphatic carbocycles. The monoisotopic (exact) mass is 1020 g/mol. The highest BCUT2D eigenvalue weighted by molar-refractivity contribution is 8.00. The molecule has 3 atom stereocenters. The number of carbonyl (C=O) groups excluding carboxylic acids is 4. The number of β-lactam (4-membered cyclic amide) rings is 1. The number of amides is 2. The Morgan fingerprint density at radius 1 is 0.792 bits per heavy atom. The van der Waals surface area contributed by atoms with E-state index >= 15 is 0 Å². The van der Waals surface area contributed by atoms with Crippen LogP contribution in [0, 0.1) is 0 Å². The van der Waals surface area contributed by atoms with E-state index in [4.69, 9.17) is 35.6 Å². The van der Waals surface area contributed by atoms with Crippen molar-refractivity contribution < 1.29 is 38.2 Å². The summed E-state index contributed by atoms with van der Waals surface area (Å²) in [6.07, 6.45) is -2.07. The van der Waals surface area contributed by atoms with Gasteiger partial charge in [-0.15, -0.1) is 34.7 Å². The first-order chi connectivity index (χ1) is 35.2. The largest absolute Gasteiger partial charge is 0.497 e. The van der Waals surface area contributed by atoms with Gasteiger partial charge in [0.05, 0.1) is 7.11 Å². The Hall–Kier alpha value is -7.72. The Bertz CT molecular complexity index is 2940. The van der Waals surface area contributed by atoms with E-state index in [0.717, 1.165) is 27.8 Å². The van der Waals surface area contributed by atoms with Crippen molar-refractivity contribution in [2.75, 3.05) is 24.1 Å². The quantitative estimate of drug-likeness (QED) is 0.0199. The molecule has 2 N–H and O–H groups in total. The van der Waals surface area contributed by atoms with Crippen LogP contribution in [-0.4, -0.2) is 75.6 Å². The van der Waals surface area contributed by atoms with Gasteiger partial charge in [0.25, 0.3) is 11.8 Å². The fraction of sp³-hybridized carbons (Fsp3) is 0.179. The van der Waals surface area contributed by atoms with E-state index in [0.29, 0.717) is 27.8 Å². The standard InChI is InChI=1S/C56H48ClN5O8S2/c1-36(53(65)69-49(38-18-8-3-9-19-38)39-20-10-4-11-21-39)70-61-46(45-35-72-55(58-45)60-56(41-22-12-5-13-23-41,42-24-14-6-15-25-42)43-26-16-7-17-27-43)50(63)59-47-51(64)62-48(40(32-57)34-71-52(47)62)54(66)68-33-37-28-30-44(67-2)31-29-37/h3-31,35-36,47,49,52H,32-34H2,1-2H3,(H,58,60)(H,59,63)/b61-46-/t36-,47?,52+/m0/s1. The third-order valence-electron chi connectivity index (χ3n) is 12.2. The molecule has 0 spiro atoms. The van der Waals surface area contributed by atoms with Gasteiger partial charge in [-0.3, -0.25) is 14.5 Å². The van der Waals surface area contributed by atoms with Crippen LogP contribution in [0.2, 0.25) is 0 Å². The van der Waals surface area contributed by atoms with E-state index in [-0.39, 0.29) is 29.6 Å². The molecular weight excluding hydrogens is 970 g/mol. The molecule has 2 amide bonds. The molecule has 2 aliphatic rings. The molecule has 1 aromatic heterocycles. The van der Waals surface area contributed by atoms with Crippen LogP contribution in [0.5, 0.6) is 5.75 Å². The number of carbonyl (C=O) groups is 4. The van der Waals surface area contributed by atoms with Crippen molar-refractivity contribution >= 4 is 69.3 Å². The van der Waals surface area contributed by atoms with Crippen LogP contribution in [0.15, 0.2) is 198 Å². The van der Waals surface area contributed by atoms with Gasteiger partial charge in [0, 0.05) is 17.0 Å². The maximum atomic E-state index is 14.7. The highest BCUT2D eigenvalue weighted by atomic mass is 35.5. The van der Waals surface area contributed by atoms with Crippen LogP contribution < -0.4 is 15.4 Å². The fourth-order valence-electron chi connectivity index (χ4n) is 8.48. The number of nitrogens with one attached hydrogen (secondary N) is 2. The number of anilines is 1. The second kappa shape index (κ2) is 22.6. The number of nitrogens with zero attached hydrogens (tertiary/aromatic N) is 3. The maximum Gasteiger partial charge on any atom is 0.355 e. The number of alkyl halides is 1. The summed E-state index contributed by atoms with van der Waals surface area (Å²) >= 11 is 8.91. The third kappa shape index (κ3) is 10.5. The second-order valence-corrected chi connectivity index (χ2v) is 18.9. The normalized spacial score (nSPS) is 16.0. The van der Waals surface area contributed by atoms with Crippen molar-refractivity contribution in [1.29, 1.82) is 0 Å². The minimum atomic E-state index is -1.30. The Labute approximate surface area is 429 Å². The summed E-state index contributed by atoms with van der Waals surface area (Å²) in [6.45, 7) is 1.42. The van der Waals surface area contributed by atoms with Crippen molar-refractivity contribution in [2.24, 2.45) is 5.16 Å². The smallest absolute Gasteiger partial charge is 0.355 e. The lowest BCUT2D eigenvalue weighted by Crippen LogP contribution is -2.71. The van der Waals surface area contributed by atoms with Crippen molar-refractivity contribution in [3.63, 3.8) is 0 Å². The highest BCUT2D eigenvalue weighted by Crippen LogP contribution is 2.43. The molecular formula is C56H48ClN5O8S2. The van der Waals surface area contributed by atoms with Crippen LogP contribution in [0.25, 0.3) is 0 Å². The summed E-state index contributed by atoms with van der Waals surface area (Å²) < 4.78 is 17.0. The minimum absolute atomic E-state index is 0.0139. The maximum absolute atomic E-state index is 14.7.